The Kier molecular flexibility index (Phi) is 7.87. The third-order valence-corrected chi connectivity index (χ3v) is 5.37. The van der Waals surface area contributed by atoms with Gasteiger partial charge in [-0.25, -0.2) is 4.98 Å². The summed E-state index contributed by atoms with van der Waals surface area (Å²) in [7, 11) is 0. The number of aromatic nitrogens is 2. The van der Waals surface area contributed by atoms with Crippen LogP contribution in [0.2, 0.25) is 0 Å². The topological polar surface area (TPSA) is 85.2 Å². The lowest BCUT2D eigenvalue weighted by molar-refractivity contribution is -0.123. The van der Waals surface area contributed by atoms with Crippen molar-refractivity contribution in [3.05, 3.63) is 59.9 Å². The van der Waals surface area contributed by atoms with E-state index >= 15 is 0 Å². The van der Waals surface area contributed by atoms with Gasteiger partial charge in [0.1, 0.15) is 17.6 Å². The third kappa shape index (κ3) is 5.66. The number of para-hydroxylation sites is 2. The monoisotopic (exact) mass is 436 g/mol. The molecule has 0 aliphatic heterocycles. The molecule has 2 N–H and O–H groups in total. The zero-order valence-corrected chi connectivity index (χ0v) is 19.2. The Morgan fingerprint density at radius 3 is 2.50 bits per heavy atom. The SMILES string of the molecule is CCOc1ccc(C(=O)NC(C(=O)NCCCn2c(C)nc3ccccc32)C(C)C)cc1. The number of carbonyl (C=O) groups excluding carboxylic acids is 2. The molecule has 1 atom stereocenters. The number of hydrogen-bond acceptors (Lipinski definition) is 4. The highest BCUT2D eigenvalue weighted by Gasteiger charge is 2.24. The summed E-state index contributed by atoms with van der Waals surface area (Å²) in [4.78, 5) is 30.0. The van der Waals surface area contributed by atoms with E-state index in [9.17, 15) is 9.59 Å². The second-order valence-corrected chi connectivity index (χ2v) is 8.10. The summed E-state index contributed by atoms with van der Waals surface area (Å²) in [5, 5.41) is 5.83. The standard InChI is InChI=1S/C25H32N4O3/c1-5-32-20-13-11-19(12-14-20)24(30)28-23(17(2)3)25(31)26-15-8-16-29-18(4)27-21-9-6-7-10-22(21)29/h6-7,9-14,17,23H,5,8,15-16H2,1-4H3,(H,26,31)(H,28,30). The first kappa shape index (κ1) is 23.3. The first-order chi connectivity index (χ1) is 15.4. The number of nitrogens with zero attached hydrogens (tertiary/aromatic N) is 2. The Bertz CT molecular complexity index is 1060. The molecule has 0 aliphatic carbocycles. The van der Waals surface area contributed by atoms with Crippen LogP contribution in [0, 0.1) is 12.8 Å². The summed E-state index contributed by atoms with van der Waals surface area (Å²) in [5.74, 6) is 1.18. The van der Waals surface area contributed by atoms with Crippen LogP contribution in [0.4, 0.5) is 0 Å². The molecule has 1 heterocycles. The minimum atomic E-state index is -0.607. The molecule has 0 spiro atoms. The average Bonchev–Trinajstić information content (AvgIpc) is 3.10. The maximum Gasteiger partial charge on any atom is 0.251 e. The molecule has 0 aliphatic rings. The number of nitrogens with one attached hydrogen (secondary N) is 2. The van der Waals surface area contributed by atoms with E-state index in [-0.39, 0.29) is 17.7 Å². The number of carbonyl (C=O) groups is 2. The van der Waals surface area contributed by atoms with Gasteiger partial charge in [-0.15, -0.1) is 0 Å². The molecule has 2 amide bonds. The summed E-state index contributed by atoms with van der Waals surface area (Å²) < 4.78 is 7.57. The quantitative estimate of drug-likeness (QED) is 0.475. The maximum absolute atomic E-state index is 12.8. The fourth-order valence-corrected chi connectivity index (χ4v) is 3.67. The number of rotatable bonds is 10. The van der Waals surface area contributed by atoms with Crippen molar-refractivity contribution < 1.29 is 14.3 Å². The predicted molar refractivity (Wildman–Crippen MR) is 126 cm³/mol. The van der Waals surface area contributed by atoms with Crippen LogP contribution in [-0.4, -0.2) is 40.6 Å². The molecule has 7 nitrogen and oxygen atoms in total. The number of amides is 2. The van der Waals surface area contributed by atoms with Crippen LogP contribution in [0.5, 0.6) is 5.75 Å². The molecule has 3 rings (SSSR count). The number of benzene rings is 2. The first-order valence-electron chi connectivity index (χ1n) is 11.1. The molecule has 1 unspecified atom stereocenters. The lowest BCUT2D eigenvalue weighted by atomic mass is 10.0. The maximum atomic E-state index is 12.8. The summed E-state index contributed by atoms with van der Waals surface area (Å²) in [6.45, 7) is 9.59. The van der Waals surface area contributed by atoms with Crippen molar-refractivity contribution in [2.24, 2.45) is 5.92 Å². The van der Waals surface area contributed by atoms with Gasteiger partial charge < -0.3 is 19.9 Å². The molecule has 0 saturated carbocycles. The summed E-state index contributed by atoms with van der Waals surface area (Å²) in [6, 6.07) is 14.3. The normalized spacial score (nSPS) is 12.0. The van der Waals surface area contributed by atoms with Gasteiger partial charge in [-0.3, -0.25) is 9.59 Å². The Morgan fingerprint density at radius 1 is 1.09 bits per heavy atom. The fraction of sp³-hybridized carbons (Fsp3) is 0.400. The highest BCUT2D eigenvalue weighted by atomic mass is 16.5. The van der Waals surface area contributed by atoms with Crippen molar-refractivity contribution in [1.82, 2.24) is 20.2 Å². The van der Waals surface area contributed by atoms with Crippen molar-refractivity contribution >= 4 is 22.8 Å². The predicted octanol–water partition coefficient (Wildman–Crippen LogP) is 3.70. The zero-order chi connectivity index (χ0) is 23.1. The van der Waals surface area contributed by atoms with Gasteiger partial charge in [-0.1, -0.05) is 26.0 Å². The second-order valence-electron chi connectivity index (χ2n) is 8.10. The van der Waals surface area contributed by atoms with Crippen LogP contribution in [0.3, 0.4) is 0 Å². The van der Waals surface area contributed by atoms with Gasteiger partial charge in [-0.05, 0) is 62.6 Å². The summed E-state index contributed by atoms with van der Waals surface area (Å²) >= 11 is 0. The second kappa shape index (κ2) is 10.8. The van der Waals surface area contributed by atoms with Gasteiger partial charge in [0.2, 0.25) is 5.91 Å². The van der Waals surface area contributed by atoms with E-state index in [2.05, 4.69) is 26.3 Å². The molecule has 3 aromatic rings. The highest BCUT2D eigenvalue weighted by molar-refractivity contribution is 5.97. The van der Waals surface area contributed by atoms with Crippen LogP contribution < -0.4 is 15.4 Å². The van der Waals surface area contributed by atoms with E-state index < -0.39 is 6.04 Å². The lowest BCUT2D eigenvalue weighted by Crippen LogP contribution is -2.49. The van der Waals surface area contributed by atoms with Crippen molar-refractivity contribution in [3.8, 4) is 5.75 Å². The van der Waals surface area contributed by atoms with E-state index in [4.69, 9.17) is 4.74 Å². The Balaban J connectivity index is 1.53. The number of imidazole rings is 1. The van der Waals surface area contributed by atoms with E-state index in [1.165, 1.54) is 0 Å². The number of fused-ring (bicyclic) bond motifs is 1. The number of hydrogen-bond donors (Lipinski definition) is 2. The molecule has 0 saturated heterocycles. The molecule has 2 aromatic carbocycles. The molecule has 32 heavy (non-hydrogen) atoms. The van der Waals surface area contributed by atoms with E-state index in [1.807, 2.05) is 45.9 Å². The zero-order valence-electron chi connectivity index (χ0n) is 19.2. The summed E-state index contributed by atoms with van der Waals surface area (Å²) in [6.07, 6.45) is 0.768. The molecule has 7 heteroatoms. The van der Waals surface area contributed by atoms with Gasteiger partial charge in [0, 0.05) is 18.7 Å². The van der Waals surface area contributed by atoms with Crippen LogP contribution >= 0.6 is 0 Å². The Labute approximate surface area is 189 Å². The van der Waals surface area contributed by atoms with Gasteiger partial charge in [0.25, 0.3) is 5.91 Å². The molecule has 170 valence electrons. The minimum absolute atomic E-state index is 0.0403. The molecule has 0 radical (unpaired) electrons. The Morgan fingerprint density at radius 2 is 1.81 bits per heavy atom. The number of aryl methyl sites for hydroxylation is 2. The van der Waals surface area contributed by atoms with Crippen molar-refractivity contribution in [1.29, 1.82) is 0 Å². The molecule has 0 fully saturated rings. The largest absolute Gasteiger partial charge is 0.494 e. The van der Waals surface area contributed by atoms with Crippen LogP contribution in [0.25, 0.3) is 11.0 Å². The third-order valence-electron chi connectivity index (χ3n) is 5.37. The molecular weight excluding hydrogens is 404 g/mol. The molecule has 1 aromatic heterocycles. The highest BCUT2D eigenvalue weighted by Crippen LogP contribution is 2.16. The van der Waals surface area contributed by atoms with Crippen molar-refractivity contribution in [2.75, 3.05) is 13.2 Å². The van der Waals surface area contributed by atoms with E-state index in [0.717, 1.165) is 29.8 Å². The number of ether oxygens (including phenoxy) is 1. The van der Waals surface area contributed by atoms with Crippen LogP contribution in [0.1, 0.15) is 43.4 Å². The van der Waals surface area contributed by atoms with Crippen molar-refractivity contribution in [3.63, 3.8) is 0 Å². The van der Waals surface area contributed by atoms with Gasteiger partial charge in [-0.2, -0.15) is 0 Å². The average molecular weight is 437 g/mol. The van der Waals surface area contributed by atoms with Gasteiger partial charge in [0.15, 0.2) is 0 Å². The Hall–Kier alpha value is -3.35. The fourth-order valence-electron chi connectivity index (χ4n) is 3.67. The minimum Gasteiger partial charge on any atom is -0.494 e. The summed E-state index contributed by atoms with van der Waals surface area (Å²) in [5.41, 5.74) is 2.57. The van der Waals surface area contributed by atoms with E-state index in [0.29, 0.717) is 24.5 Å². The smallest absolute Gasteiger partial charge is 0.251 e. The van der Waals surface area contributed by atoms with Gasteiger partial charge in [0.05, 0.1) is 17.6 Å². The van der Waals surface area contributed by atoms with Crippen LogP contribution in [-0.2, 0) is 11.3 Å². The van der Waals surface area contributed by atoms with Crippen molar-refractivity contribution in [2.45, 2.75) is 46.7 Å². The molecular formula is C25H32N4O3. The first-order valence-corrected chi connectivity index (χ1v) is 11.1. The van der Waals surface area contributed by atoms with Crippen LogP contribution in [0.15, 0.2) is 48.5 Å². The van der Waals surface area contributed by atoms with Gasteiger partial charge >= 0.3 is 0 Å². The van der Waals surface area contributed by atoms with E-state index in [1.54, 1.807) is 24.3 Å². The molecule has 0 bridgehead atoms. The lowest BCUT2D eigenvalue weighted by Gasteiger charge is -2.22.